The van der Waals surface area contributed by atoms with Gasteiger partial charge in [-0.25, -0.2) is 0 Å². The second kappa shape index (κ2) is 7.28. The maximum absolute atomic E-state index is 5.57. The predicted octanol–water partition coefficient (Wildman–Crippen LogP) is 3.60. The summed E-state index contributed by atoms with van der Waals surface area (Å²) in [4.78, 5) is 2.62. The minimum absolute atomic E-state index is 0.370. The largest absolute Gasteiger partial charge is 0.496 e. The first-order valence-corrected chi connectivity index (χ1v) is 8.15. The van der Waals surface area contributed by atoms with Crippen molar-refractivity contribution < 1.29 is 4.74 Å². The zero-order valence-corrected chi connectivity index (χ0v) is 14.1. The van der Waals surface area contributed by atoms with Gasteiger partial charge in [-0.1, -0.05) is 19.9 Å². The molecular formula is C18H30N2O. The molecule has 1 aromatic carbocycles. The van der Waals surface area contributed by atoms with Crippen LogP contribution in [0.25, 0.3) is 0 Å². The Labute approximate surface area is 129 Å². The fourth-order valence-electron chi connectivity index (χ4n) is 3.38. The van der Waals surface area contributed by atoms with Gasteiger partial charge in [0.1, 0.15) is 5.75 Å². The second-order valence-electron chi connectivity index (χ2n) is 6.51. The smallest absolute Gasteiger partial charge is 0.123 e. The van der Waals surface area contributed by atoms with Crippen LogP contribution in [0.5, 0.6) is 5.75 Å². The zero-order chi connectivity index (χ0) is 15.4. The van der Waals surface area contributed by atoms with Crippen LogP contribution in [0.3, 0.4) is 0 Å². The summed E-state index contributed by atoms with van der Waals surface area (Å²) in [6.07, 6.45) is 2.64. The molecule has 118 valence electrons. The third-order valence-electron chi connectivity index (χ3n) is 4.79. The number of benzene rings is 1. The highest BCUT2D eigenvalue weighted by molar-refractivity contribution is 5.38. The molecule has 0 radical (unpaired) electrons. The van der Waals surface area contributed by atoms with E-state index in [1.54, 1.807) is 7.11 Å². The number of methoxy groups -OCH3 is 1. The highest BCUT2D eigenvalue weighted by Crippen LogP contribution is 2.30. The Balaban J connectivity index is 2.21. The highest BCUT2D eigenvalue weighted by atomic mass is 16.5. The van der Waals surface area contributed by atoms with Crippen molar-refractivity contribution >= 4 is 0 Å². The normalized spacial score (nSPS) is 21.0. The van der Waals surface area contributed by atoms with Gasteiger partial charge in [-0.2, -0.15) is 0 Å². The average molecular weight is 290 g/mol. The molecular weight excluding hydrogens is 260 g/mol. The molecule has 0 amide bonds. The van der Waals surface area contributed by atoms with Crippen LogP contribution in [0.4, 0.5) is 0 Å². The van der Waals surface area contributed by atoms with Crippen molar-refractivity contribution in [1.82, 2.24) is 10.2 Å². The summed E-state index contributed by atoms with van der Waals surface area (Å²) in [5, 5.41) is 3.31. The molecule has 3 nitrogen and oxygen atoms in total. The molecule has 0 saturated carbocycles. The molecule has 2 unspecified atom stereocenters. The molecule has 1 fully saturated rings. The predicted molar refractivity (Wildman–Crippen MR) is 88.7 cm³/mol. The number of hydrogen-bond donors (Lipinski definition) is 1. The van der Waals surface area contributed by atoms with Crippen molar-refractivity contribution in [1.29, 1.82) is 0 Å². The monoisotopic (exact) mass is 290 g/mol. The fourth-order valence-corrected chi connectivity index (χ4v) is 3.38. The minimum Gasteiger partial charge on any atom is -0.496 e. The second-order valence-corrected chi connectivity index (χ2v) is 6.51. The molecule has 0 aromatic heterocycles. The third-order valence-corrected chi connectivity index (χ3v) is 4.79. The van der Waals surface area contributed by atoms with Crippen LogP contribution in [0, 0.1) is 5.92 Å². The summed E-state index contributed by atoms with van der Waals surface area (Å²) in [5.41, 5.74) is 2.64. The van der Waals surface area contributed by atoms with E-state index in [0.717, 1.165) is 18.2 Å². The Hall–Kier alpha value is -1.06. The van der Waals surface area contributed by atoms with Crippen molar-refractivity contribution in [2.24, 2.45) is 5.92 Å². The Morgan fingerprint density at radius 1 is 1.33 bits per heavy atom. The molecule has 1 aliphatic rings. The molecule has 2 rings (SSSR count). The summed E-state index contributed by atoms with van der Waals surface area (Å²) < 4.78 is 5.57. The van der Waals surface area contributed by atoms with Crippen molar-refractivity contribution in [2.45, 2.75) is 52.2 Å². The first kappa shape index (κ1) is 16.3. The molecule has 2 atom stereocenters. The van der Waals surface area contributed by atoms with E-state index in [0.29, 0.717) is 12.1 Å². The van der Waals surface area contributed by atoms with Gasteiger partial charge in [0.05, 0.1) is 7.11 Å². The van der Waals surface area contributed by atoms with Gasteiger partial charge in [0.25, 0.3) is 0 Å². The van der Waals surface area contributed by atoms with Crippen LogP contribution < -0.4 is 10.1 Å². The van der Waals surface area contributed by atoms with Gasteiger partial charge in [0.15, 0.2) is 0 Å². The summed E-state index contributed by atoms with van der Waals surface area (Å²) in [5.74, 6) is 1.73. The Bertz CT molecular complexity index is 459. The van der Waals surface area contributed by atoms with Gasteiger partial charge in [0.2, 0.25) is 0 Å². The van der Waals surface area contributed by atoms with Crippen molar-refractivity contribution in [2.75, 3.05) is 20.7 Å². The number of nitrogens with zero attached hydrogens (tertiary/aromatic N) is 1. The van der Waals surface area contributed by atoms with E-state index in [2.05, 4.69) is 49.2 Å². The van der Waals surface area contributed by atoms with Crippen molar-refractivity contribution in [3.63, 3.8) is 0 Å². The van der Waals surface area contributed by atoms with Gasteiger partial charge in [0, 0.05) is 24.2 Å². The van der Waals surface area contributed by atoms with Crippen LogP contribution >= 0.6 is 0 Å². The lowest BCUT2D eigenvalue weighted by Crippen LogP contribution is -2.33. The van der Waals surface area contributed by atoms with Crippen LogP contribution in [0.2, 0.25) is 0 Å². The van der Waals surface area contributed by atoms with Crippen LogP contribution in [-0.4, -0.2) is 31.6 Å². The average Bonchev–Trinajstić information content (AvgIpc) is 2.94. The maximum atomic E-state index is 5.57. The number of nitrogens with one attached hydrogen (secondary N) is 1. The fraction of sp³-hybridized carbons (Fsp3) is 0.667. The molecule has 1 heterocycles. The van der Waals surface area contributed by atoms with E-state index in [9.17, 15) is 0 Å². The molecule has 0 spiro atoms. The number of rotatable bonds is 6. The van der Waals surface area contributed by atoms with Gasteiger partial charge in [-0.05, 0) is 57.0 Å². The SMILES string of the molecule is CNC(C)c1ccc(OC)c(CN2CCCC2C(C)C)c1. The highest BCUT2D eigenvalue weighted by Gasteiger charge is 2.27. The molecule has 0 bridgehead atoms. The van der Waals surface area contributed by atoms with Gasteiger partial charge < -0.3 is 10.1 Å². The van der Waals surface area contributed by atoms with E-state index >= 15 is 0 Å². The standard InChI is InChI=1S/C18H30N2O/c1-13(2)17-7-6-10-20(17)12-16-11-15(14(3)19-4)8-9-18(16)21-5/h8-9,11,13-14,17,19H,6-7,10,12H2,1-5H3. The van der Waals surface area contributed by atoms with E-state index in [1.807, 2.05) is 7.05 Å². The first-order chi connectivity index (χ1) is 10.1. The van der Waals surface area contributed by atoms with E-state index in [1.165, 1.54) is 30.5 Å². The van der Waals surface area contributed by atoms with E-state index in [-0.39, 0.29) is 0 Å². The molecule has 1 N–H and O–H groups in total. The lowest BCUT2D eigenvalue weighted by Gasteiger charge is -2.28. The topological polar surface area (TPSA) is 24.5 Å². The number of ether oxygens (including phenoxy) is 1. The van der Waals surface area contributed by atoms with Crippen LogP contribution in [0.15, 0.2) is 18.2 Å². The first-order valence-electron chi connectivity index (χ1n) is 8.15. The summed E-state index contributed by atoms with van der Waals surface area (Å²) in [6, 6.07) is 7.65. The minimum atomic E-state index is 0.370. The van der Waals surface area contributed by atoms with Crippen molar-refractivity contribution in [3.8, 4) is 5.75 Å². The lowest BCUT2D eigenvalue weighted by molar-refractivity contribution is 0.196. The van der Waals surface area contributed by atoms with Gasteiger partial charge in [-0.15, -0.1) is 0 Å². The summed E-state index contributed by atoms with van der Waals surface area (Å²) in [7, 11) is 3.77. The zero-order valence-electron chi connectivity index (χ0n) is 14.1. The van der Waals surface area contributed by atoms with Crippen molar-refractivity contribution in [3.05, 3.63) is 29.3 Å². The number of hydrogen-bond acceptors (Lipinski definition) is 3. The van der Waals surface area contributed by atoms with Gasteiger partial charge in [-0.3, -0.25) is 4.90 Å². The van der Waals surface area contributed by atoms with Crippen LogP contribution in [0.1, 0.15) is 50.8 Å². The summed E-state index contributed by atoms with van der Waals surface area (Å²) >= 11 is 0. The molecule has 1 aromatic rings. The quantitative estimate of drug-likeness (QED) is 0.866. The van der Waals surface area contributed by atoms with E-state index < -0.39 is 0 Å². The molecule has 3 heteroatoms. The molecule has 21 heavy (non-hydrogen) atoms. The van der Waals surface area contributed by atoms with Gasteiger partial charge >= 0.3 is 0 Å². The van der Waals surface area contributed by atoms with Crippen LogP contribution in [-0.2, 0) is 6.54 Å². The van der Waals surface area contributed by atoms with E-state index in [4.69, 9.17) is 4.74 Å². The lowest BCUT2D eigenvalue weighted by atomic mass is 10.0. The Morgan fingerprint density at radius 2 is 2.10 bits per heavy atom. The molecule has 0 aliphatic carbocycles. The Kier molecular flexibility index (Phi) is 5.65. The molecule has 1 saturated heterocycles. The Morgan fingerprint density at radius 3 is 2.71 bits per heavy atom. The third kappa shape index (κ3) is 3.78. The maximum Gasteiger partial charge on any atom is 0.123 e. The number of likely N-dealkylation sites (tertiary alicyclic amines) is 1. The summed E-state index contributed by atoms with van der Waals surface area (Å²) in [6.45, 7) is 9.06. The molecule has 1 aliphatic heterocycles.